The number of halogens is 4. The lowest BCUT2D eigenvalue weighted by Gasteiger charge is -2.17. The van der Waals surface area contributed by atoms with Crippen molar-refractivity contribution in [2.24, 2.45) is 0 Å². The third-order valence-electron chi connectivity index (χ3n) is 5.64. The second-order valence-electron chi connectivity index (χ2n) is 8.06. The Hall–Kier alpha value is -4.43. The second kappa shape index (κ2) is 10.9. The zero-order valence-corrected chi connectivity index (χ0v) is 20.7. The summed E-state index contributed by atoms with van der Waals surface area (Å²) in [6, 6.07) is 4.18. The summed E-state index contributed by atoms with van der Waals surface area (Å²) in [6.07, 6.45) is -0.849. The van der Waals surface area contributed by atoms with Crippen LogP contribution in [0.1, 0.15) is 21.6 Å². The van der Waals surface area contributed by atoms with Gasteiger partial charge in [-0.1, -0.05) is 36.1 Å². The third kappa shape index (κ3) is 5.45. The topological polar surface area (TPSA) is 108 Å². The molecule has 0 saturated carbocycles. The molecule has 38 heavy (non-hydrogen) atoms. The standard InChI is InChI=1S/C26H21ClF3N5O3/c1-3-20(36)35-19(26(28,29)30)8-7-14-13-31-11-9-15(14)22-23(21-17(33-22)10-12-32-25(21)37)34-18-6-4-5-16(27)24(18)38-2/h3-6,9,11,13,19,33-34H,1,10,12H2,2H3,(H,32,37)(H,35,36)/t19-/m1/s1. The van der Waals surface area contributed by atoms with Crippen LogP contribution in [0.25, 0.3) is 11.3 Å². The third-order valence-corrected chi connectivity index (χ3v) is 5.93. The monoisotopic (exact) mass is 543 g/mol. The fraction of sp³-hybridized carbons (Fsp3) is 0.192. The summed E-state index contributed by atoms with van der Waals surface area (Å²) in [4.78, 5) is 31.6. The van der Waals surface area contributed by atoms with E-state index in [2.05, 4.69) is 39.0 Å². The predicted molar refractivity (Wildman–Crippen MR) is 136 cm³/mol. The molecule has 196 valence electrons. The maximum absolute atomic E-state index is 13.5. The van der Waals surface area contributed by atoms with E-state index in [9.17, 15) is 22.8 Å². The van der Waals surface area contributed by atoms with Crippen LogP contribution in [0, 0.1) is 11.8 Å². The van der Waals surface area contributed by atoms with Gasteiger partial charge in [0.25, 0.3) is 5.91 Å². The number of nitrogens with zero attached hydrogens (tertiary/aromatic N) is 1. The Bertz CT molecular complexity index is 1470. The van der Waals surface area contributed by atoms with Gasteiger partial charge in [0.05, 0.1) is 40.3 Å². The highest BCUT2D eigenvalue weighted by Gasteiger charge is 2.39. The molecule has 4 N–H and O–H groups in total. The number of nitrogens with one attached hydrogen (secondary N) is 4. The van der Waals surface area contributed by atoms with E-state index >= 15 is 0 Å². The molecule has 1 aliphatic heterocycles. The number of methoxy groups -OCH3 is 1. The van der Waals surface area contributed by atoms with E-state index in [-0.39, 0.29) is 11.5 Å². The molecule has 0 fully saturated rings. The summed E-state index contributed by atoms with van der Waals surface area (Å²) < 4.78 is 45.9. The molecule has 0 unspecified atom stereocenters. The predicted octanol–water partition coefficient (Wildman–Crippen LogP) is 4.35. The minimum Gasteiger partial charge on any atom is -0.493 e. The van der Waals surface area contributed by atoms with E-state index < -0.39 is 18.1 Å². The normalized spacial score (nSPS) is 13.3. The number of rotatable bonds is 6. The molecule has 0 bridgehead atoms. The lowest BCUT2D eigenvalue weighted by Crippen LogP contribution is -2.43. The largest absolute Gasteiger partial charge is 0.493 e. The molecule has 4 rings (SSSR count). The Kier molecular flexibility index (Phi) is 7.64. The summed E-state index contributed by atoms with van der Waals surface area (Å²) in [5.41, 5.74) is 2.72. The summed E-state index contributed by atoms with van der Waals surface area (Å²) in [7, 11) is 1.45. The number of amides is 2. The molecule has 3 heterocycles. The first-order valence-corrected chi connectivity index (χ1v) is 11.6. The van der Waals surface area contributed by atoms with Crippen LogP contribution >= 0.6 is 11.6 Å². The molecule has 1 aromatic carbocycles. The Morgan fingerprint density at radius 1 is 1.34 bits per heavy atom. The number of para-hydroxylation sites is 1. The van der Waals surface area contributed by atoms with Gasteiger partial charge in [0, 0.05) is 36.6 Å². The van der Waals surface area contributed by atoms with E-state index in [1.807, 2.05) is 0 Å². The van der Waals surface area contributed by atoms with Gasteiger partial charge in [-0.15, -0.1) is 0 Å². The van der Waals surface area contributed by atoms with Crippen LogP contribution in [-0.2, 0) is 11.2 Å². The van der Waals surface area contributed by atoms with E-state index in [0.717, 1.165) is 6.08 Å². The number of H-pyrrole nitrogens is 1. The average Bonchev–Trinajstić information content (AvgIpc) is 3.25. The highest BCUT2D eigenvalue weighted by molar-refractivity contribution is 6.32. The lowest BCUT2D eigenvalue weighted by atomic mass is 10.0. The first-order valence-electron chi connectivity index (χ1n) is 11.2. The molecule has 2 aromatic heterocycles. The quantitative estimate of drug-likeness (QED) is 0.273. The zero-order chi connectivity index (χ0) is 27.4. The van der Waals surface area contributed by atoms with Crippen LogP contribution in [0.5, 0.6) is 5.75 Å². The lowest BCUT2D eigenvalue weighted by molar-refractivity contribution is -0.148. The maximum atomic E-state index is 13.5. The highest BCUT2D eigenvalue weighted by atomic mass is 35.5. The molecule has 2 amide bonds. The van der Waals surface area contributed by atoms with Crippen molar-refractivity contribution >= 4 is 34.8 Å². The van der Waals surface area contributed by atoms with Gasteiger partial charge in [-0.3, -0.25) is 14.6 Å². The summed E-state index contributed by atoms with van der Waals surface area (Å²) >= 11 is 6.27. The van der Waals surface area contributed by atoms with Crippen LogP contribution in [0.2, 0.25) is 5.02 Å². The Morgan fingerprint density at radius 3 is 2.84 bits per heavy atom. The van der Waals surface area contributed by atoms with E-state index in [0.29, 0.717) is 57.6 Å². The number of aromatic nitrogens is 2. The highest BCUT2D eigenvalue weighted by Crippen LogP contribution is 2.41. The Balaban J connectivity index is 1.86. The van der Waals surface area contributed by atoms with Gasteiger partial charge in [0.2, 0.25) is 5.91 Å². The molecular formula is C26H21ClF3N5O3. The Morgan fingerprint density at radius 2 is 2.13 bits per heavy atom. The van der Waals surface area contributed by atoms with Gasteiger partial charge < -0.3 is 25.7 Å². The number of carbonyl (C=O) groups excluding carboxylic acids is 2. The van der Waals surface area contributed by atoms with E-state index in [4.69, 9.17) is 16.3 Å². The number of fused-ring (bicyclic) bond motifs is 1. The minimum absolute atomic E-state index is 0.134. The van der Waals surface area contributed by atoms with E-state index in [1.54, 1.807) is 29.6 Å². The van der Waals surface area contributed by atoms with Crippen LogP contribution in [-0.4, -0.2) is 47.7 Å². The van der Waals surface area contributed by atoms with E-state index in [1.165, 1.54) is 19.5 Å². The molecule has 1 atom stereocenters. The molecular weight excluding hydrogens is 523 g/mol. The van der Waals surface area contributed by atoms with Crippen LogP contribution < -0.4 is 20.7 Å². The molecule has 0 saturated heterocycles. The van der Waals surface area contributed by atoms with Crippen molar-refractivity contribution in [2.75, 3.05) is 19.0 Å². The van der Waals surface area contributed by atoms with Crippen LogP contribution in [0.3, 0.4) is 0 Å². The molecule has 8 nitrogen and oxygen atoms in total. The fourth-order valence-corrected chi connectivity index (χ4v) is 4.17. The summed E-state index contributed by atoms with van der Waals surface area (Å²) in [5, 5.41) is 8.10. The number of pyridine rings is 1. The smallest absolute Gasteiger partial charge is 0.420 e. The molecule has 3 aromatic rings. The number of hydrogen-bond acceptors (Lipinski definition) is 5. The minimum atomic E-state index is -4.83. The first-order chi connectivity index (χ1) is 18.1. The van der Waals surface area contributed by atoms with Gasteiger partial charge in [-0.25, -0.2) is 0 Å². The van der Waals surface area contributed by atoms with Crippen molar-refractivity contribution in [3.05, 3.63) is 71.2 Å². The average molecular weight is 544 g/mol. The zero-order valence-electron chi connectivity index (χ0n) is 19.9. The number of benzene rings is 1. The van der Waals surface area contributed by atoms with Crippen molar-refractivity contribution < 1.29 is 27.5 Å². The molecule has 0 spiro atoms. The summed E-state index contributed by atoms with van der Waals surface area (Å²) in [5.74, 6) is 3.55. The van der Waals surface area contributed by atoms with Crippen molar-refractivity contribution in [1.82, 2.24) is 20.6 Å². The number of carbonyl (C=O) groups is 2. The second-order valence-corrected chi connectivity index (χ2v) is 8.47. The Labute approximate surface area is 220 Å². The van der Waals surface area contributed by atoms with Gasteiger partial charge in [0.15, 0.2) is 11.8 Å². The van der Waals surface area contributed by atoms with Gasteiger partial charge in [-0.2, -0.15) is 13.2 Å². The summed E-state index contributed by atoms with van der Waals surface area (Å²) in [6.45, 7) is 3.58. The number of alkyl halides is 3. The molecule has 1 aliphatic rings. The number of aromatic amines is 1. The van der Waals surface area contributed by atoms with Crippen LogP contribution in [0.4, 0.5) is 24.5 Å². The van der Waals surface area contributed by atoms with Gasteiger partial charge in [-0.05, 0) is 24.3 Å². The van der Waals surface area contributed by atoms with Crippen molar-refractivity contribution in [3.63, 3.8) is 0 Å². The molecule has 0 radical (unpaired) electrons. The van der Waals surface area contributed by atoms with Gasteiger partial charge in [0.1, 0.15) is 0 Å². The molecule has 12 heteroatoms. The first kappa shape index (κ1) is 26.6. The van der Waals surface area contributed by atoms with Crippen molar-refractivity contribution in [3.8, 4) is 28.8 Å². The number of ether oxygens (including phenoxy) is 1. The SMILES string of the molecule is C=CC(=O)N[C@H](C#Cc1cnccc1-c1[nH]c2c(c1Nc1cccc(Cl)c1OC)C(=O)NCC2)C(F)(F)F. The van der Waals surface area contributed by atoms with Crippen molar-refractivity contribution in [1.29, 1.82) is 0 Å². The number of hydrogen-bond donors (Lipinski definition) is 4. The van der Waals surface area contributed by atoms with Crippen molar-refractivity contribution in [2.45, 2.75) is 18.6 Å². The maximum Gasteiger partial charge on any atom is 0.420 e. The fourth-order valence-electron chi connectivity index (χ4n) is 3.92. The van der Waals surface area contributed by atoms with Gasteiger partial charge >= 0.3 is 6.18 Å². The molecule has 0 aliphatic carbocycles. The van der Waals surface area contributed by atoms with Crippen LogP contribution in [0.15, 0.2) is 49.3 Å². The number of anilines is 2.